The molecule has 0 amide bonds. The summed E-state index contributed by atoms with van der Waals surface area (Å²) in [6, 6.07) is 7.94. The fraction of sp³-hybridized carbons (Fsp3) is 0.214. The molecule has 92 valence electrons. The highest BCUT2D eigenvalue weighted by atomic mass is 79.9. The van der Waals surface area contributed by atoms with E-state index in [1.165, 1.54) is 0 Å². The highest BCUT2D eigenvalue weighted by Gasteiger charge is 2.22. The highest BCUT2D eigenvalue weighted by Crippen LogP contribution is 2.33. The van der Waals surface area contributed by atoms with Crippen molar-refractivity contribution < 1.29 is 4.79 Å². The van der Waals surface area contributed by atoms with Crippen LogP contribution in [0.2, 0.25) is 0 Å². The highest BCUT2D eigenvalue weighted by molar-refractivity contribution is 9.11. The van der Waals surface area contributed by atoms with E-state index >= 15 is 0 Å². The van der Waals surface area contributed by atoms with Crippen molar-refractivity contribution in [2.75, 3.05) is 0 Å². The average molecular weight is 369 g/mol. The van der Waals surface area contributed by atoms with E-state index in [-0.39, 0.29) is 5.78 Å². The lowest BCUT2D eigenvalue weighted by molar-refractivity contribution is 0.0972. The Kier molecular flexibility index (Phi) is 3.16. The average Bonchev–Trinajstić information content (AvgIpc) is 2.75. The number of para-hydroxylation sites is 1. The summed E-state index contributed by atoms with van der Waals surface area (Å²) in [7, 11) is 0. The van der Waals surface area contributed by atoms with Crippen LogP contribution in [0.1, 0.15) is 28.9 Å². The van der Waals surface area contributed by atoms with Gasteiger partial charge in [0.05, 0.1) is 5.69 Å². The number of ketones is 1. The van der Waals surface area contributed by atoms with Gasteiger partial charge in [-0.3, -0.25) is 4.79 Å². The number of carbonyl (C=O) groups is 1. The van der Waals surface area contributed by atoms with Crippen LogP contribution in [0.15, 0.2) is 39.4 Å². The Bertz CT molecular complexity index is 610. The number of rotatable bonds is 1. The van der Waals surface area contributed by atoms with Crippen LogP contribution in [0.25, 0.3) is 5.69 Å². The number of hydrogen-bond acceptors (Lipinski definition) is 1. The summed E-state index contributed by atoms with van der Waals surface area (Å²) in [4.78, 5) is 11.9. The molecule has 0 saturated carbocycles. The van der Waals surface area contributed by atoms with Gasteiger partial charge in [-0.1, -0.05) is 6.07 Å². The van der Waals surface area contributed by atoms with Crippen molar-refractivity contribution in [3.8, 4) is 5.69 Å². The van der Waals surface area contributed by atoms with Gasteiger partial charge in [0.25, 0.3) is 0 Å². The molecule has 0 atom stereocenters. The maximum Gasteiger partial charge on any atom is 0.164 e. The van der Waals surface area contributed by atoms with Crippen molar-refractivity contribution in [3.05, 3.63) is 50.7 Å². The molecule has 0 radical (unpaired) electrons. The Morgan fingerprint density at radius 3 is 2.50 bits per heavy atom. The molecule has 1 aliphatic carbocycles. The van der Waals surface area contributed by atoms with Gasteiger partial charge in [0, 0.05) is 32.8 Å². The van der Waals surface area contributed by atoms with Crippen molar-refractivity contribution in [2.24, 2.45) is 0 Å². The van der Waals surface area contributed by atoms with Gasteiger partial charge >= 0.3 is 0 Å². The van der Waals surface area contributed by atoms with Gasteiger partial charge in [-0.15, -0.1) is 0 Å². The van der Waals surface area contributed by atoms with Crippen LogP contribution in [0.5, 0.6) is 0 Å². The number of aromatic nitrogens is 1. The monoisotopic (exact) mass is 367 g/mol. The van der Waals surface area contributed by atoms with Gasteiger partial charge in [-0.25, -0.2) is 0 Å². The molecule has 0 N–H and O–H groups in total. The third-order valence-corrected chi connectivity index (χ3v) is 4.57. The predicted molar refractivity (Wildman–Crippen MR) is 78.4 cm³/mol. The van der Waals surface area contributed by atoms with E-state index in [1.54, 1.807) is 0 Å². The quantitative estimate of drug-likeness (QED) is 0.725. The van der Waals surface area contributed by atoms with Crippen LogP contribution in [-0.4, -0.2) is 10.4 Å². The van der Waals surface area contributed by atoms with Crippen molar-refractivity contribution in [2.45, 2.75) is 19.3 Å². The van der Waals surface area contributed by atoms with E-state index in [0.29, 0.717) is 6.42 Å². The largest absolute Gasteiger partial charge is 0.318 e. The molecule has 2 nitrogen and oxygen atoms in total. The Balaban J connectivity index is 2.22. The second-order valence-electron chi connectivity index (χ2n) is 4.39. The van der Waals surface area contributed by atoms with Crippen LogP contribution in [-0.2, 0) is 6.42 Å². The van der Waals surface area contributed by atoms with Gasteiger partial charge < -0.3 is 4.57 Å². The molecule has 0 bridgehead atoms. The van der Waals surface area contributed by atoms with E-state index in [4.69, 9.17) is 0 Å². The number of hydrogen-bond donors (Lipinski definition) is 0. The zero-order valence-electron chi connectivity index (χ0n) is 9.62. The number of nitrogens with zero attached hydrogens (tertiary/aromatic N) is 1. The van der Waals surface area contributed by atoms with E-state index in [0.717, 1.165) is 38.7 Å². The van der Waals surface area contributed by atoms with Gasteiger partial charge in [0.1, 0.15) is 0 Å². The summed E-state index contributed by atoms with van der Waals surface area (Å²) >= 11 is 7.15. The molecule has 0 fully saturated rings. The molecular formula is C14H11Br2NO. The minimum Gasteiger partial charge on any atom is -0.318 e. The SMILES string of the molecule is O=C1CCCc2c1ccn2-c1c(Br)cccc1Br. The first-order chi connectivity index (χ1) is 8.68. The van der Waals surface area contributed by atoms with Crippen LogP contribution in [0.3, 0.4) is 0 Å². The summed E-state index contributed by atoms with van der Waals surface area (Å²) in [6.45, 7) is 0. The molecule has 0 unspecified atom stereocenters. The standard InChI is InChI=1S/C14H11Br2NO/c15-10-3-1-4-11(16)14(10)17-8-7-9-12(17)5-2-6-13(9)18/h1,3-4,7-8H,2,5-6H2. The number of Topliss-reactive ketones (excluding diaryl/α,β-unsaturated/α-hetero) is 1. The molecule has 0 aliphatic heterocycles. The van der Waals surface area contributed by atoms with E-state index in [2.05, 4.69) is 36.4 Å². The Morgan fingerprint density at radius 2 is 1.78 bits per heavy atom. The third-order valence-electron chi connectivity index (χ3n) is 3.29. The maximum absolute atomic E-state index is 11.9. The van der Waals surface area contributed by atoms with Crippen molar-refractivity contribution >= 4 is 37.6 Å². The molecule has 1 aliphatic rings. The number of fused-ring (bicyclic) bond motifs is 1. The van der Waals surface area contributed by atoms with Crippen molar-refractivity contribution in [1.82, 2.24) is 4.57 Å². The first-order valence-electron chi connectivity index (χ1n) is 5.86. The van der Waals surface area contributed by atoms with Crippen molar-refractivity contribution in [1.29, 1.82) is 0 Å². The Morgan fingerprint density at radius 1 is 1.06 bits per heavy atom. The normalized spacial score (nSPS) is 14.7. The smallest absolute Gasteiger partial charge is 0.164 e. The van der Waals surface area contributed by atoms with Crippen LogP contribution in [0, 0.1) is 0 Å². The van der Waals surface area contributed by atoms with E-state index in [9.17, 15) is 4.79 Å². The van der Waals surface area contributed by atoms with Gasteiger partial charge in [0.15, 0.2) is 5.78 Å². The van der Waals surface area contributed by atoms with E-state index < -0.39 is 0 Å². The number of carbonyl (C=O) groups excluding carboxylic acids is 1. The Labute approximate surface area is 122 Å². The van der Waals surface area contributed by atoms with Crippen LogP contribution < -0.4 is 0 Å². The molecule has 0 saturated heterocycles. The molecule has 18 heavy (non-hydrogen) atoms. The lowest BCUT2D eigenvalue weighted by Crippen LogP contribution is -2.12. The molecular weight excluding hydrogens is 358 g/mol. The molecule has 0 spiro atoms. The fourth-order valence-electron chi connectivity index (χ4n) is 2.45. The predicted octanol–water partition coefficient (Wildman–Crippen LogP) is 4.52. The van der Waals surface area contributed by atoms with Gasteiger partial charge in [-0.05, 0) is 62.9 Å². The third kappa shape index (κ3) is 1.88. The topological polar surface area (TPSA) is 22.0 Å². The van der Waals surface area contributed by atoms with Crippen molar-refractivity contribution in [3.63, 3.8) is 0 Å². The Hall–Kier alpha value is -0.870. The summed E-state index contributed by atoms with van der Waals surface area (Å²) in [5.74, 6) is 0.262. The summed E-state index contributed by atoms with van der Waals surface area (Å²) in [5.41, 5.74) is 3.07. The first-order valence-corrected chi connectivity index (χ1v) is 7.45. The molecule has 1 aromatic carbocycles. The van der Waals surface area contributed by atoms with Gasteiger partial charge in [0.2, 0.25) is 0 Å². The van der Waals surface area contributed by atoms with Crippen LogP contribution >= 0.6 is 31.9 Å². The summed E-state index contributed by atoms with van der Waals surface area (Å²) in [5, 5.41) is 0. The zero-order chi connectivity index (χ0) is 12.7. The molecule has 1 heterocycles. The minimum atomic E-state index is 0.262. The lowest BCUT2D eigenvalue weighted by Gasteiger charge is -2.17. The lowest BCUT2D eigenvalue weighted by atomic mass is 9.97. The molecule has 3 rings (SSSR count). The zero-order valence-corrected chi connectivity index (χ0v) is 12.8. The molecule has 4 heteroatoms. The second kappa shape index (κ2) is 4.67. The van der Waals surface area contributed by atoms with Crippen LogP contribution in [0.4, 0.5) is 0 Å². The first kappa shape index (κ1) is 12.2. The van der Waals surface area contributed by atoms with Gasteiger partial charge in [-0.2, -0.15) is 0 Å². The minimum absolute atomic E-state index is 0.262. The fourth-order valence-corrected chi connectivity index (χ4v) is 3.83. The molecule has 1 aromatic heterocycles. The molecule has 2 aromatic rings. The number of halogens is 2. The maximum atomic E-state index is 11.9. The number of benzene rings is 1. The van der Waals surface area contributed by atoms with E-state index in [1.807, 2.05) is 30.5 Å². The second-order valence-corrected chi connectivity index (χ2v) is 6.10. The summed E-state index contributed by atoms with van der Waals surface area (Å²) in [6.07, 6.45) is 4.56. The summed E-state index contributed by atoms with van der Waals surface area (Å²) < 4.78 is 4.15.